The van der Waals surface area contributed by atoms with E-state index in [0.29, 0.717) is 24.5 Å². The van der Waals surface area contributed by atoms with Gasteiger partial charge in [-0.3, -0.25) is 0 Å². The van der Waals surface area contributed by atoms with Crippen LogP contribution in [0.2, 0.25) is 0 Å². The second-order valence-corrected chi connectivity index (χ2v) is 5.66. The van der Waals surface area contributed by atoms with Crippen LogP contribution in [0.3, 0.4) is 0 Å². The summed E-state index contributed by atoms with van der Waals surface area (Å²) in [4.78, 5) is 0. The monoisotopic (exact) mass is 329 g/mol. The van der Waals surface area contributed by atoms with Crippen molar-refractivity contribution >= 4 is 0 Å². The van der Waals surface area contributed by atoms with Gasteiger partial charge in [-0.05, 0) is 41.5 Å². The third kappa shape index (κ3) is 5.12. The summed E-state index contributed by atoms with van der Waals surface area (Å²) < 4.78 is 11.6. The Hall–Kier alpha value is -3.25. The van der Waals surface area contributed by atoms with Gasteiger partial charge in [0.05, 0.1) is 18.2 Å². The fourth-order valence-electron chi connectivity index (χ4n) is 2.48. The molecule has 0 bridgehead atoms. The van der Waals surface area contributed by atoms with Crippen LogP contribution in [0.1, 0.15) is 16.7 Å². The molecule has 0 amide bonds. The van der Waals surface area contributed by atoms with E-state index in [4.69, 9.17) is 14.7 Å². The van der Waals surface area contributed by atoms with Crippen molar-refractivity contribution in [2.75, 3.05) is 6.61 Å². The molecule has 0 radical (unpaired) electrons. The number of ether oxygens (including phenoxy) is 2. The Labute approximate surface area is 148 Å². The minimum Gasteiger partial charge on any atom is -0.493 e. The maximum Gasteiger partial charge on any atom is 0.121 e. The molecule has 0 saturated carbocycles. The number of benzene rings is 3. The minimum atomic E-state index is 0.435. The second-order valence-electron chi connectivity index (χ2n) is 5.66. The first kappa shape index (κ1) is 16.6. The average Bonchev–Trinajstić information content (AvgIpc) is 2.68. The minimum absolute atomic E-state index is 0.435. The lowest BCUT2D eigenvalue weighted by molar-refractivity contribution is 0.301. The van der Waals surface area contributed by atoms with Crippen LogP contribution in [0, 0.1) is 11.3 Å². The van der Waals surface area contributed by atoms with E-state index in [2.05, 4.69) is 18.2 Å². The molecular weight excluding hydrogens is 310 g/mol. The average molecular weight is 329 g/mol. The van der Waals surface area contributed by atoms with Crippen molar-refractivity contribution in [3.8, 4) is 17.6 Å². The molecule has 0 fully saturated rings. The van der Waals surface area contributed by atoms with Crippen LogP contribution >= 0.6 is 0 Å². The largest absolute Gasteiger partial charge is 0.493 e. The SMILES string of the molecule is N#Cc1cccc(OCc2cccc(OCCc3ccccc3)c2)c1. The predicted octanol–water partition coefficient (Wildman–Crippen LogP) is 4.76. The molecule has 0 spiro atoms. The Morgan fingerprint density at radius 1 is 0.720 bits per heavy atom. The van der Waals surface area contributed by atoms with E-state index in [1.807, 2.05) is 54.6 Å². The molecule has 0 aromatic heterocycles. The molecule has 0 aliphatic heterocycles. The van der Waals surface area contributed by atoms with Crippen molar-refractivity contribution in [2.45, 2.75) is 13.0 Å². The highest BCUT2D eigenvalue weighted by Gasteiger charge is 2.01. The zero-order chi connectivity index (χ0) is 17.3. The van der Waals surface area contributed by atoms with E-state index < -0.39 is 0 Å². The highest BCUT2D eigenvalue weighted by Crippen LogP contribution is 2.18. The number of hydrogen-bond donors (Lipinski definition) is 0. The highest BCUT2D eigenvalue weighted by molar-refractivity contribution is 5.36. The Balaban J connectivity index is 1.53. The van der Waals surface area contributed by atoms with Crippen molar-refractivity contribution < 1.29 is 9.47 Å². The molecule has 0 unspecified atom stereocenters. The summed E-state index contributed by atoms with van der Waals surface area (Å²) in [6.07, 6.45) is 0.877. The van der Waals surface area contributed by atoms with E-state index >= 15 is 0 Å². The van der Waals surface area contributed by atoms with Gasteiger partial charge in [-0.15, -0.1) is 0 Å². The van der Waals surface area contributed by atoms with Crippen molar-refractivity contribution in [1.82, 2.24) is 0 Å². The van der Waals surface area contributed by atoms with Gasteiger partial charge in [0.1, 0.15) is 18.1 Å². The first-order valence-electron chi connectivity index (χ1n) is 8.22. The first-order valence-corrected chi connectivity index (χ1v) is 8.22. The smallest absolute Gasteiger partial charge is 0.121 e. The maximum absolute atomic E-state index is 8.93. The zero-order valence-electron chi connectivity index (χ0n) is 13.9. The quantitative estimate of drug-likeness (QED) is 0.627. The molecule has 3 heteroatoms. The molecule has 3 aromatic carbocycles. The van der Waals surface area contributed by atoms with E-state index in [0.717, 1.165) is 17.7 Å². The van der Waals surface area contributed by atoms with Crippen LogP contribution in [-0.4, -0.2) is 6.61 Å². The lowest BCUT2D eigenvalue weighted by Gasteiger charge is -2.10. The highest BCUT2D eigenvalue weighted by atomic mass is 16.5. The molecule has 3 aromatic rings. The summed E-state index contributed by atoms with van der Waals surface area (Å²) in [5.74, 6) is 1.53. The molecular formula is C22H19NO2. The summed E-state index contributed by atoms with van der Waals surface area (Å²) in [5, 5.41) is 8.93. The predicted molar refractivity (Wildman–Crippen MR) is 97.6 cm³/mol. The molecule has 0 atom stereocenters. The Morgan fingerprint density at radius 2 is 1.44 bits per heavy atom. The van der Waals surface area contributed by atoms with Gasteiger partial charge in [-0.1, -0.05) is 48.5 Å². The Morgan fingerprint density at radius 3 is 2.24 bits per heavy atom. The van der Waals surface area contributed by atoms with E-state index in [1.165, 1.54) is 5.56 Å². The van der Waals surface area contributed by atoms with E-state index in [-0.39, 0.29) is 0 Å². The first-order chi connectivity index (χ1) is 12.3. The van der Waals surface area contributed by atoms with Gasteiger partial charge < -0.3 is 9.47 Å². The standard InChI is InChI=1S/C22H19NO2/c23-16-19-8-4-11-22(14-19)25-17-20-9-5-10-21(15-20)24-13-12-18-6-2-1-3-7-18/h1-11,14-15H,12-13,17H2. The zero-order valence-corrected chi connectivity index (χ0v) is 13.9. The lowest BCUT2D eigenvalue weighted by atomic mass is 10.2. The lowest BCUT2D eigenvalue weighted by Crippen LogP contribution is -2.02. The summed E-state index contributed by atoms with van der Waals surface area (Å²) in [5.41, 5.74) is 2.88. The molecule has 0 saturated heterocycles. The van der Waals surface area contributed by atoms with Gasteiger partial charge in [0, 0.05) is 6.42 Å². The van der Waals surface area contributed by atoms with Crippen LogP contribution in [-0.2, 0) is 13.0 Å². The Kier molecular flexibility index (Phi) is 5.68. The van der Waals surface area contributed by atoms with Crippen LogP contribution in [0.5, 0.6) is 11.5 Å². The van der Waals surface area contributed by atoms with Gasteiger partial charge in [-0.25, -0.2) is 0 Å². The third-order valence-corrected chi connectivity index (χ3v) is 3.77. The number of rotatable bonds is 7. The summed E-state index contributed by atoms with van der Waals surface area (Å²) in [6, 6.07) is 27.5. The molecule has 0 aliphatic carbocycles. The fourth-order valence-corrected chi connectivity index (χ4v) is 2.48. The molecule has 124 valence electrons. The van der Waals surface area contributed by atoms with Crippen LogP contribution in [0.25, 0.3) is 0 Å². The normalized spacial score (nSPS) is 10.0. The van der Waals surface area contributed by atoms with E-state index in [1.54, 1.807) is 12.1 Å². The number of nitriles is 1. The number of hydrogen-bond acceptors (Lipinski definition) is 3. The Bertz CT molecular complexity index is 853. The molecule has 3 rings (SSSR count). The molecule has 0 heterocycles. The van der Waals surface area contributed by atoms with Gasteiger partial charge in [0.15, 0.2) is 0 Å². The molecule has 0 N–H and O–H groups in total. The maximum atomic E-state index is 8.93. The summed E-state index contributed by atoms with van der Waals surface area (Å²) >= 11 is 0. The summed E-state index contributed by atoms with van der Waals surface area (Å²) in [6.45, 7) is 1.07. The van der Waals surface area contributed by atoms with Crippen LogP contribution in [0.4, 0.5) is 0 Å². The van der Waals surface area contributed by atoms with Crippen molar-refractivity contribution in [2.24, 2.45) is 0 Å². The van der Waals surface area contributed by atoms with Crippen molar-refractivity contribution in [3.05, 3.63) is 95.6 Å². The second kappa shape index (κ2) is 8.56. The van der Waals surface area contributed by atoms with Crippen molar-refractivity contribution in [3.63, 3.8) is 0 Å². The van der Waals surface area contributed by atoms with Gasteiger partial charge >= 0.3 is 0 Å². The van der Waals surface area contributed by atoms with Gasteiger partial charge in [0.2, 0.25) is 0 Å². The molecule has 25 heavy (non-hydrogen) atoms. The van der Waals surface area contributed by atoms with Gasteiger partial charge in [-0.2, -0.15) is 5.26 Å². The molecule has 0 aliphatic rings. The van der Waals surface area contributed by atoms with E-state index in [9.17, 15) is 0 Å². The topological polar surface area (TPSA) is 42.2 Å². The van der Waals surface area contributed by atoms with Crippen LogP contribution < -0.4 is 9.47 Å². The van der Waals surface area contributed by atoms with Crippen LogP contribution in [0.15, 0.2) is 78.9 Å². The van der Waals surface area contributed by atoms with Gasteiger partial charge in [0.25, 0.3) is 0 Å². The fraction of sp³-hybridized carbons (Fsp3) is 0.136. The summed E-state index contributed by atoms with van der Waals surface area (Å²) in [7, 11) is 0. The molecule has 3 nitrogen and oxygen atoms in total. The third-order valence-electron chi connectivity index (χ3n) is 3.77. The van der Waals surface area contributed by atoms with Crippen molar-refractivity contribution in [1.29, 1.82) is 5.26 Å². The number of nitrogens with zero attached hydrogens (tertiary/aromatic N) is 1.